The van der Waals surface area contributed by atoms with Gasteiger partial charge in [0.15, 0.2) is 0 Å². The third-order valence-electron chi connectivity index (χ3n) is 4.79. The molecule has 0 aliphatic rings. The van der Waals surface area contributed by atoms with Crippen LogP contribution in [0.3, 0.4) is 0 Å². The molecule has 3 N–H and O–H groups in total. The molecule has 176 valence electrons. The molecule has 0 saturated carbocycles. The first kappa shape index (κ1) is 26.9. The summed E-state index contributed by atoms with van der Waals surface area (Å²) in [7, 11) is 0. The first-order valence-electron chi connectivity index (χ1n) is 10.5. The molecule has 0 aliphatic carbocycles. The van der Waals surface area contributed by atoms with Gasteiger partial charge < -0.3 is 20.3 Å². The number of halogens is 3. The van der Waals surface area contributed by atoms with E-state index in [0.717, 1.165) is 15.6 Å². The summed E-state index contributed by atoms with van der Waals surface area (Å²) >= 11 is 15.6. The van der Waals surface area contributed by atoms with E-state index in [0.29, 0.717) is 29.3 Å². The van der Waals surface area contributed by atoms with Gasteiger partial charge in [-0.3, -0.25) is 0 Å². The van der Waals surface area contributed by atoms with E-state index < -0.39 is 29.9 Å². The van der Waals surface area contributed by atoms with Gasteiger partial charge in [-0.15, -0.1) is 0 Å². The van der Waals surface area contributed by atoms with Crippen LogP contribution in [-0.4, -0.2) is 40.2 Å². The monoisotopic (exact) mass is 545 g/mol. The maximum Gasteiger partial charge on any atom is 0.407 e. The Morgan fingerprint density at radius 1 is 1.16 bits per heavy atom. The second-order valence-electron chi connectivity index (χ2n) is 8.82. The third-order valence-corrected chi connectivity index (χ3v) is 5.87. The quantitative estimate of drug-likeness (QED) is 0.364. The van der Waals surface area contributed by atoms with Gasteiger partial charge in [0.25, 0.3) is 0 Å². The van der Waals surface area contributed by atoms with Crippen LogP contribution in [0.5, 0.6) is 0 Å². The number of benzene rings is 2. The number of nitrogens with one attached hydrogen (secondary N) is 1. The van der Waals surface area contributed by atoms with Gasteiger partial charge in [0.2, 0.25) is 0 Å². The van der Waals surface area contributed by atoms with Crippen LogP contribution in [0.25, 0.3) is 0 Å². The maximum atomic E-state index is 12.4. The highest BCUT2D eigenvalue weighted by Crippen LogP contribution is 2.23. The van der Waals surface area contributed by atoms with Crippen molar-refractivity contribution >= 4 is 45.2 Å². The van der Waals surface area contributed by atoms with E-state index in [1.54, 1.807) is 32.9 Å². The predicted octanol–water partition coefficient (Wildman–Crippen LogP) is 5.94. The van der Waals surface area contributed by atoms with Crippen molar-refractivity contribution in [2.45, 2.75) is 70.3 Å². The van der Waals surface area contributed by atoms with Crippen molar-refractivity contribution in [3.05, 3.63) is 68.1 Å². The van der Waals surface area contributed by atoms with Gasteiger partial charge in [0, 0.05) is 20.9 Å². The minimum atomic E-state index is -0.975. The Hall–Kier alpha value is -1.31. The fraction of sp³-hybridized carbons (Fsp3) is 0.458. The van der Waals surface area contributed by atoms with Gasteiger partial charge in [-0.1, -0.05) is 57.3 Å². The van der Waals surface area contributed by atoms with E-state index in [1.165, 1.54) is 0 Å². The zero-order chi connectivity index (χ0) is 23.9. The van der Waals surface area contributed by atoms with Crippen LogP contribution in [-0.2, 0) is 17.6 Å². The smallest absolute Gasteiger partial charge is 0.407 e. The van der Waals surface area contributed by atoms with Crippen molar-refractivity contribution in [3.63, 3.8) is 0 Å². The molecule has 1 amide bonds. The third kappa shape index (κ3) is 9.67. The number of aryl methyl sites for hydroxylation is 1. The number of hydrogen-bond donors (Lipinski definition) is 3. The summed E-state index contributed by atoms with van der Waals surface area (Å²) in [6, 6.07) is 12.3. The molecule has 0 heterocycles. The van der Waals surface area contributed by atoms with E-state index >= 15 is 0 Å². The molecule has 2 rings (SSSR count). The molecule has 0 saturated heterocycles. The summed E-state index contributed by atoms with van der Waals surface area (Å²) in [5.41, 5.74) is 1.15. The average Bonchev–Trinajstić information content (AvgIpc) is 2.65. The van der Waals surface area contributed by atoms with Gasteiger partial charge >= 0.3 is 6.09 Å². The van der Waals surface area contributed by atoms with Crippen LogP contribution in [0.2, 0.25) is 10.0 Å². The molecule has 0 radical (unpaired) electrons. The molecule has 32 heavy (non-hydrogen) atoms. The van der Waals surface area contributed by atoms with E-state index in [2.05, 4.69) is 21.2 Å². The fourth-order valence-electron chi connectivity index (χ4n) is 3.27. The van der Waals surface area contributed by atoms with Crippen molar-refractivity contribution in [1.82, 2.24) is 5.32 Å². The highest BCUT2D eigenvalue weighted by atomic mass is 79.9. The summed E-state index contributed by atoms with van der Waals surface area (Å²) in [6.45, 7) is 5.33. The number of carbonyl (C=O) groups excluding carboxylic acids is 1. The molecule has 0 spiro atoms. The molecule has 5 nitrogen and oxygen atoms in total. The molecule has 0 fully saturated rings. The van der Waals surface area contributed by atoms with Gasteiger partial charge in [-0.05, 0) is 75.4 Å². The van der Waals surface area contributed by atoms with Crippen LogP contribution in [0, 0.1) is 0 Å². The molecular formula is C24H30BrCl2NO4. The summed E-state index contributed by atoms with van der Waals surface area (Å²) < 4.78 is 6.26. The maximum absolute atomic E-state index is 12.4. The zero-order valence-electron chi connectivity index (χ0n) is 18.4. The average molecular weight is 547 g/mol. The number of carbonyl (C=O) groups is 1. The Balaban J connectivity index is 2.03. The molecule has 3 atom stereocenters. The summed E-state index contributed by atoms with van der Waals surface area (Å²) in [5.74, 6) is 0. The van der Waals surface area contributed by atoms with Crippen molar-refractivity contribution in [2.24, 2.45) is 0 Å². The normalized spacial score (nSPS) is 14.5. The first-order valence-corrected chi connectivity index (χ1v) is 12.0. The topological polar surface area (TPSA) is 78.8 Å². The van der Waals surface area contributed by atoms with Gasteiger partial charge in [-0.2, -0.15) is 0 Å². The molecule has 2 aromatic carbocycles. The van der Waals surface area contributed by atoms with E-state index in [9.17, 15) is 15.0 Å². The second-order valence-corrected chi connectivity index (χ2v) is 10.6. The first-order chi connectivity index (χ1) is 14.9. The molecule has 0 bridgehead atoms. The molecule has 0 unspecified atom stereocenters. The minimum absolute atomic E-state index is 0.0969. The Morgan fingerprint density at radius 3 is 2.50 bits per heavy atom. The van der Waals surface area contributed by atoms with Crippen molar-refractivity contribution in [1.29, 1.82) is 0 Å². The summed E-state index contributed by atoms with van der Waals surface area (Å²) in [6.07, 6.45) is -0.929. The molecule has 0 aromatic heterocycles. The summed E-state index contributed by atoms with van der Waals surface area (Å²) in [4.78, 5) is 12.4. The molecular weight excluding hydrogens is 517 g/mol. The Labute approximate surface area is 208 Å². The number of aliphatic hydroxyl groups is 2. The van der Waals surface area contributed by atoms with Crippen LogP contribution in [0.1, 0.15) is 44.7 Å². The summed E-state index contributed by atoms with van der Waals surface area (Å²) in [5, 5.41) is 25.2. The molecule has 0 aliphatic heterocycles. The number of rotatable bonds is 9. The van der Waals surface area contributed by atoms with E-state index in [4.69, 9.17) is 27.9 Å². The number of ether oxygens (including phenoxy) is 1. The highest BCUT2D eigenvalue weighted by Gasteiger charge is 2.27. The zero-order valence-corrected chi connectivity index (χ0v) is 21.5. The lowest BCUT2D eigenvalue weighted by Crippen LogP contribution is -2.47. The Kier molecular flexibility index (Phi) is 10.3. The predicted molar refractivity (Wildman–Crippen MR) is 132 cm³/mol. The number of hydrogen-bond acceptors (Lipinski definition) is 4. The van der Waals surface area contributed by atoms with Crippen LogP contribution >= 0.6 is 39.1 Å². The van der Waals surface area contributed by atoms with Gasteiger partial charge in [-0.25, -0.2) is 4.79 Å². The second kappa shape index (κ2) is 12.2. The number of amides is 1. The standard InChI is InChI=1S/C24H30BrCl2NO4/c1-24(2,3)32-23(31)28-21(12-15-5-4-6-17(25)11-15)22(30)14-19(29)10-8-16-7-9-18(26)13-20(16)27/h4-7,9,11,13,19,21-22,29-30H,8,10,12,14H2,1-3H3,(H,28,31)/t19-,21+,22-/m1/s1. The Bertz CT molecular complexity index is 904. The lowest BCUT2D eigenvalue weighted by molar-refractivity contribution is 0.0296. The van der Waals surface area contributed by atoms with Crippen LogP contribution < -0.4 is 5.32 Å². The molecule has 2 aromatic rings. The van der Waals surface area contributed by atoms with Gasteiger partial charge in [0.05, 0.1) is 18.2 Å². The SMILES string of the molecule is CC(C)(C)OC(=O)N[C@@H](Cc1cccc(Br)c1)[C@H](O)C[C@H](O)CCc1ccc(Cl)cc1Cl. The van der Waals surface area contributed by atoms with E-state index in [-0.39, 0.29) is 6.42 Å². The Morgan fingerprint density at radius 2 is 1.88 bits per heavy atom. The number of alkyl carbamates (subject to hydrolysis) is 1. The van der Waals surface area contributed by atoms with Crippen LogP contribution in [0.15, 0.2) is 46.9 Å². The van der Waals surface area contributed by atoms with Crippen molar-refractivity contribution in [3.8, 4) is 0 Å². The van der Waals surface area contributed by atoms with Crippen molar-refractivity contribution in [2.75, 3.05) is 0 Å². The minimum Gasteiger partial charge on any atom is -0.444 e. The lowest BCUT2D eigenvalue weighted by Gasteiger charge is -2.28. The molecule has 8 heteroatoms. The largest absolute Gasteiger partial charge is 0.444 e. The van der Waals surface area contributed by atoms with Gasteiger partial charge in [0.1, 0.15) is 5.60 Å². The van der Waals surface area contributed by atoms with Crippen molar-refractivity contribution < 1.29 is 19.7 Å². The van der Waals surface area contributed by atoms with Crippen LogP contribution in [0.4, 0.5) is 4.79 Å². The lowest BCUT2D eigenvalue weighted by atomic mass is 9.95. The highest BCUT2D eigenvalue weighted by molar-refractivity contribution is 9.10. The fourth-order valence-corrected chi connectivity index (χ4v) is 4.22. The number of aliphatic hydroxyl groups excluding tert-OH is 2. The van der Waals surface area contributed by atoms with E-state index in [1.807, 2.05) is 30.3 Å².